The van der Waals surface area contributed by atoms with E-state index in [1.54, 1.807) is 0 Å². The van der Waals surface area contributed by atoms with Gasteiger partial charge in [-0.15, -0.1) is 0 Å². The third kappa shape index (κ3) is 2.57. The van der Waals surface area contributed by atoms with Crippen LogP contribution in [-0.2, 0) is 6.42 Å². The molecule has 2 unspecified atom stereocenters. The quantitative estimate of drug-likeness (QED) is 0.865. The number of rotatable bonds is 2. The fraction of sp³-hybridized carbons (Fsp3) is 0.667. The molecular weight excluding hydrogens is 222 g/mol. The van der Waals surface area contributed by atoms with Crippen LogP contribution in [0.25, 0.3) is 0 Å². The van der Waals surface area contributed by atoms with Gasteiger partial charge in [0, 0.05) is 18.8 Å². The molecule has 1 fully saturated rings. The maximum absolute atomic E-state index is 4.61. The van der Waals surface area contributed by atoms with Crippen LogP contribution in [-0.4, -0.2) is 36.1 Å². The van der Waals surface area contributed by atoms with E-state index < -0.39 is 0 Å². The van der Waals surface area contributed by atoms with Crippen molar-refractivity contribution >= 4 is 0 Å². The molecule has 2 heterocycles. The van der Waals surface area contributed by atoms with Gasteiger partial charge >= 0.3 is 0 Å². The molecule has 1 aromatic heterocycles. The molecule has 1 saturated heterocycles. The monoisotopic (exact) mass is 245 g/mol. The zero-order valence-electron chi connectivity index (χ0n) is 11.2. The van der Waals surface area contributed by atoms with E-state index in [1.807, 2.05) is 6.20 Å². The predicted octanol–water partition coefficient (Wildman–Crippen LogP) is 2.14. The van der Waals surface area contributed by atoms with Crippen LogP contribution >= 0.6 is 0 Å². The second-order valence-electron chi connectivity index (χ2n) is 5.76. The van der Waals surface area contributed by atoms with Crippen LogP contribution < -0.4 is 5.32 Å². The summed E-state index contributed by atoms with van der Waals surface area (Å²) in [5, 5.41) is 3.84. The van der Waals surface area contributed by atoms with E-state index in [0.29, 0.717) is 12.1 Å². The summed E-state index contributed by atoms with van der Waals surface area (Å²) in [6.07, 6.45) is 8.29. The second-order valence-corrected chi connectivity index (χ2v) is 5.76. The number of nitrogens with one attached hydrogen (secondary N) is 1. The van der Waals surface area contributed by atoms with Crippen LogP contribution in [0.5, 0.6) is 0 Å². The summed E-state index contributed by atoms with van der Waals surface area (Å²) >= 11 is 0. The van der Waals surface area contributed by atoms with E-state index in [4.69, 9.17) is 0 Å². The Labute approximate surface area is 110 Å². The highest BCUT2D eigenvalue weighted by atomic mass is 15.1. The Kier molecular flexibility index (Phi) is 3.62. The topological polar surface area (TPSA) is 28.2 Å². The molecule has 3 rings (SSSR count). The van der Waals surface area contributed by atoms with Gasteiger partial charge in [0.1, 0.15) is 0 Å². The lowest BCUT2D eigenvalue weighted by Gasteiger charge is -2.35. The minimum absolute atomic E-state index is 0.478. The Morgan fingerprint density at radius 3 is 3.17 bits per heavy atom. The second kappa shape index (κ2) is 5.37. The molecule has 98 valence electrons. The average Bonchev–Trinajstić information content (AvgIpc) is 2.39. The first kappa shape index (κ1) is 12.1. The number of hydrogen-bond acceptors (Lipinski definition) is 3. The van der Waals surface area contributed by atoms with Crippen molar-refractivity contribution in [2.75, 3.05) is 20.1 Å². The molecule has 1 aromatic rings. The summed E-state index contributed by atoms with van der Waals surface area (Å²) in [4.78, 5) is 7.04. The Morgan fingerprint density at radius 2 is 2.28 bits per heavy atom. The molecule has 3 nitrogen and oxygen atoms in total. The van der Waals surface area contributed by atoms with Gasteiger partial charge in [0.25, 0.3) is 0 Å². The minimum Gasteiger partial charge on any atom is -0.305 e. The molecule has 0 bridgehead atoms. The van der Waals surface area contributed by atoms with Crippen molar-refractivity contribution in [2.24, 2.45) is 0 Å². The van der Waals surface area contributed by atoms with Crippen molar-refractivity contribution in [3.8, 4) is 0 Å². The molecule has 2 aliphatic rings. The van der Waals surface area contributed by atoms with Gasteiger partial charge < -0.3 is 10.2 Å². The number of fused-ring (bicyclic) bond motifs is 1. The number of nitrogens with zero attached hydrogens (tertiary/aromatic N) is 2. The van der Waals surface area contributed by atoms with Gasteiger partial charge in [0.2, 0.25) is 0 Å². The van der Waals surface area contributed by atoms with E-state index in [0.717, 1.165) is 0 Å². The minimum atomic E-state index is 0.478. The third-order valence-corrected chi connectivity index (χ3v) is 4.26. The zero-order chi connectivity index (χ0) is 12.4. The Morgan fingerprint density at radius 1 is 1.33 bits per heavy atom. The first-order chi connectivity index (χ1) is 8.83. The van der Waals surface area contributed by atoms with Gasteiger partial charge in [-0.3, -0.25) is 4.98 Å². The molecule has 0 saturated carbocycles. The SMILES string of the molecule is CN1CCCC(NC2CCCc3cccnc32)C1. The highest BCUT2D eigenvalue weighted by Crippen LogP contribution is 2.28. The number of pyridine rings is 1. The van der Waals surface area contributed by atoms with E-state index in [2.05, 4.69) is 34.4 Å². The van der Waals surface area contributed by atoms with Gasteiger partial charge in [-0.2, -0.15) is 0 Å². The molecule has 0 spiro atoms. The van der Waals surface area contributed by atoms with E-state index in [-0.39, 0.29) is 0 Å². The molecular formula is C15H23N3. The van der Waals surface area contributed by atoms with Crippen molar-refractivity contribution in [1.82, 2.24) is 15.2 Å². The molecule has 1 aliphatic heterocycles. The van der Waals surface area contributed by atoms with Gasteiger partial charge in [-0.25, -0.2) is 0 Å². The summed E-state index contributed by atoms with van der Waals surface area (Å²) < 4.78 is 0. The first-order valence-corrected chi connectivity index (χ1v) is 7.21. The van der Waals surface area contributed by atoms with E-state index >= 15 is 0 Å². The van der Waals surface area contributed by atoms with Crippen LogP contribution in [0.15, 0.2) is 18.3 Å². The van der Waals surface area contributed by atoms with Crippen molar-refractivity contribution in [2.45, 2.75) is 44.2 Å². The highest BCUT2D eigenvalue weighted by molar-refractivity contribution is 5.25. The molecule has 0 amide bonds. The third-order valence-electron chi connectivity index (χ3n) is 4.26. The number of aryl methyl sites for hydroxylation is 1. The summed E-state index contributed by atoms with van der Waals surface area (Å²) in [5.41, 5.74) is 2.75. The Balaban J connectivity index is 1.70. The number of piperidine rings is 1. The molecule has 1 aliphatic carbocycles. The number of aromatic nitrogens is 1. The average molecular weight is 245 g/mol. The molecule has 0 aromatic carbocycles. The smallest absolute Gasteiger partial charge is 0.0605 e. The molecule has 3 heteroatoms. The van der Waals surface area contributed by atoms with Crippen molar-refractivity contribution < 1.29 is 0 Å². The molecule has 1 N–H and O–H groups in total. The fourth-order valence-electron chi connectivity index (χ4n) is 3.36. The van der Waals surface area contributed by atoms with Gasteiger partial charge in [0.15, 0.2) is 0 Å². The zero-order valence-corrected chi connectivity index (χ0v) is 11.2. The van der Waals surface area contributed by atoms with Crippen molar-refractivity contribution in [1.29, 1.82) is 0 Å². The van der Waals surface area contributed by atoms with E-state index in [9.17, 15) is 0 Å². The molecule has 2 atom stereocenters. The summed E-state index contributed by atoms with van der Waals surface area (Å²) in [7, 11) is 2.22. The summed E-state index contributed by atoms with van der Waals surface area (Å²) in [6.45, 7) is 2.43. The van der Waals surface area contributed by atoms with Crippen molar-refractivity contribution in [3.63, 3.8) is 0 Å². The predicted molar refractivity (Wildman–Crippen MR) is 73.6 cm³/mol. The summed E-state index contributed by atoms with van der Waals surface area (Å²) in [5.74, 6) is 0. The largest absolute Gasteiger partial charge is 0.305 e. The lowest BCUT2D eigenvalue weighted by Crippen LogP contribution is -2.45. The number of likely N-dealkylation sites (tertiary alicyclic amines) is 1. The van der Waals surface area contributed by atoms with Crippen LogP contribution in [0.1, 0.15) is 43.0 Å². The van der Waals surface area contributed by atoms with Crippen LogP contribution in [0.2, 0.25) is 0 Å². The lowest BCUT2D eigenvalue weighted by molar-refractivity contribution is 0.211. The maximum atomic E-state index is 4.61. The van der Waals surface area contributed by atoms with Crippen LogP contribution in [0.3, 0.4) is 0 Å². The fourth-order valence-corrected chi connectivity index (χ4v) is 3.36. The van der Waals surface area contributed by atoms with Gasteiger partial charge in [-0.1, -0.05) is 6.07 Å². The lowest BCUT2D eigenvalue weighted by atomic mass is 9.91. The normalized spacial score (nSPS) is 28.9. The highest BCUT2D eigenvalue weighted by Gasteiger charge is 2.25. The number of likely N-dealkylation sites (N-methyl/N-ethyl adjacent to an activating group) is 1. The first-order valence-electron chi connectivity index (χ1n) is 7.21. The van der Waals surface area contributed by atoms with Gasteiger partial charge in [-0.05, 0) is 57.3 Å². The Bertz CT molecular complexity index is 404. The Hall–Kier alpha value is -0.930. The molecule has 0 radical (unpaired) electrons. The van der Waals surface area contributed by atoms with Gasteiger partial charge in [0.05, 0.1) is 11.7 Å². The van der Waals surface area contributed by atoms with E-state index in [1.165, 1.54) is 56.5 Å². The van der Waals surface area contributed by atoms with Crippen LogP contribution in [0, 0.1) is 0 Å². The maximum Gasteiger partial charge on any atom is 0.0605 e. The summed E-state index contributed by atoms with van der Waals surface area (Å²) in [6, 6.07) is 5.42. The van der Waals surface area contributed by atoms with Crippen molar-refractivity contribution in [3.05, 3.63) is 29.6 Å². The molecule has 18 heavy (non-hydrogen) atoms. The van der Waals surface area contributed by atoms with Crippen LogP contribution in [0.4, 0.5) is 0 Å². The standard InChI is InChI=1S/C15H23N3/c1-18-10-4-7-13(11-18)17-14-8-2-5-12-6-3-9-16-15(12)14/h3,6,9,13-14,17H,2,4-5,7-8,10-11H2,1H3. The number of hydrogen-bond donors (Lipinski definition) is 1.